The topological polar surface area (TPSA) is 35.5 Å². The van der Waals surface area contributed by atoms with Gasteiger partial charge in [-0.15, -0.1) is 0 Å². The van der Waals surface area contributed by atoms with Gasteiger partial charge in [-0.05, 0) is 12.8 Å². The van der Waals surface area contributed by atoms with Crippen LogP contribution < -0.4 is 0 Å². The predicted octanol–water partition coefficient (Wildman–Crippen LogP) is 2.44. The van der Waals surface area contributed by atoms with Crippen molar-refractivity contribution in [3.63, 3.8) is 0 Å². The van der Waals surface area contributed by atoms with E-state index in [1.54, 1.807) is 0 Å². The van der Waals surface area contributed by atoms with Gasteiger partial charge in [0.15, 0.2) is 5.76 Å². The Morgan fingerprint density at radius 1 is 1.40 bits per heavy atom. The molecular weight excluding hydrogens is 192 g/mol. The van der Waals surface area contributed by atoms with Crippen LogP contribution in [-0.2, 0) is 14.3 Å². The van der Waals surface area contributed by atoms with Crippen molar-refractivity contribution in [1.29, 1.82) is 0 Å². The van der Waals surface area contributed by atoms with Gasteiger partial charge in [0.25, 0.3) is 0 Å². The number of carbonyl (C=O) groups excluding carboxylic acids is 1. The molecule has 78 valence electrons. The molecule has 0 aromatic rings. The highest BCUT2D eigenvalue weighted by molar-refractivity contribution is 5.64. The summed E-state index contributed by atoms with van der Waals surface area (Å²) in [5.41, 5.74) is 1.07. The monoisotopic (exact) mass is 204 g/mol. The Labute approximate surface area is 88.4 Å². The van der Waals surface area contributed by atoms with Gasteiger partial charge in [0.05, 0.1) is 5.92 Å². The molecule has 0 aromatic heterocycles. The van der Waals surface area contributed by atoms with Crippen LogP contribution in [0.1, 0.15) is 12.8 Å². The molecule has 0 saturated carbocycles. The van der Waals surface area contributed by atoms with Gasteiger partial charge in [-0.25, -0.2) is 0 Å². The second-order valence-corrected chi connectivity index (χ2v) is 3.37. The van der Waals surface area contributed by atoms with E-state index in [-0.39, 0.29) is 5.92 Å². The molecule has 0 amide bonds. The normalized spacial score (nSPS) is 20.8. The molecule has 0 aromatic carbocycles. The average Bonchev–Trinajstić information content (AvgIpc) is 2.33. The molecule has 3 heteroatoms. The van der Waals surface area contributed by atoms with Crippen LogP contribution in [0.15, 0.2) is 48.3 Å². The van der Waals surface area contributed by atoms with E-state index in [9.17, 15) is 4.79 Å². The maximum atomic E-state index is 11.0. The summed E-state index contributed by atoms with van der Waals surface area (Å²) in [5.74, 6) is 0.231. The first-order valence-electron chi connectivity index (χ1n) is 4.90. The van der Waals surface area contributed by atoms with Crippen LogP contribution >= 0.6 is 0 Å². The molecule has 2 rings (SSSR count). The molecule has 1 unspecified atom stereocenters. The van der Waals surface area contributed by atoms with E-state index in [0.717, 1.165) is 24.7 Å². The lowest BCUT2D eigenvalue weighted by Crippen LogP contribution is -2.13. The number of ether oxygens (including phenoxy) is 2. The van der Waals surface area contributed by atoms with Crippen molar-refractivity contribution >= 4 is 6.29 Å². The Morgan fingerprint density at radius 2 is 2.33 bits per heavy atom. The molecule has 15 heavy (non-hydrogen) atoms. The van der Waals surface area contributed by atoms with Crippen LogP contribution in [-0.4, -0.2) is 6.29 Å². The van der Waals surface area contributed by atoms with Crippen molar-refractivity contribution in [2.45, 2.75) is 12.8 Å². The van der Waals surface area contributed by atoms with Gasteiger partial charge >= 0.3 is 0 Å². The van der Waals surface area contributed by atoms with Crippen molar-refractivity contribution < 1.29 is 14.3 Å². The van der Waals surface area contributed by atoms with E-state index in [2.05, 4.69) is 6.08 Å². The molecule has 3 nitrogen and oxygen atoms in total. The van der Waals surface area contributed by atoms with Gasteiger partial charge in [-0.2, -0.15) is 0 Å². The summed E-state index contributed by atoms with van der Waals surface area (Å²) >= 11 is 0. The zero-order chi connectivity index (χ0) is 10.5. The highest BCUT2D eigenvalue weighted by Gasteiger charge is 2.21. The maximum Gasteiger partial charge on any atom is 0.152 e. The fraction of sp³-hybridized carbons (Fsp3) is 0.250. The van der Waals surface area contributed by atoms with Gasteiger partial charge in [-0.3, -0.25) is 0 Å². The average molecular weight is 204 g/mol. The Morgan fingerprint density at radius 3 is 2.93 bits per heavy atom. The van der Waals surface area contributed by atoms with Gasteiger partial charge in [0, 0.05) is 0 Å². The summed E-state index contributed by atoms with van der Waals surface area (Å²) in [4.78, 5) is 11.0. The van der Waals surface area contributed by atoms with Crippen molar-refractivity contribution in [1.82, 2.24) is 0 Å². The Bertz CT molecular complexity index is 361. The molecule has 2 aliphatic rings. The van der Waals surface area contributed by atoms with Crippen molar-refractivity contribution in [2.24, 2.45) is 5.92 Å². The van der Waals surface area contributed by atoms with Crippen LogP contribution in [0.2, 0.25) is 0 Å². The number of hydrogen-bond acceptors (Lipinski definition) is 3. The minimum Gasteiger partial charge on any atom is -0.466 e. The highest BCUT2D eigenvalue weighted by atomic mass is 16.5. The van der Waals surface area contributed by atoms with Crippen LogP contribution in [0.5, 0.6) is 0 Å². The van der Waals surface area contributed by atoms with E-state index in [1.165, 1.54) is 18.8 Å². The Kier molecular flexibility index (Phi) is 3.02. The van der Waals surface area contributed by atoms with E-state index in [4.69, 9.17) is 9.47 Å². The lowest BCUT2D eigenvalue weighted by molar-refractivity contribution is -0.110. The van der Waals surface area contributed by atoms with Crippen LogP contribution in [0.3, 0.4) is 0 Å². The molecule has 1 aliphatic heterocycles. The first-order valence-corrected chi connectivity index (χ1v) is 4.90. The largest absolute Gasteiger partial charge is 0.466 e. The fourth-order valence-electron chi connectivity index (χ4n) is 1.64. The molecule has 0 fully saturated rings. The predicted molar refractivity (Wildman–Crippen MR) is 55.4 cm³/mol. The molecule has 0 saturated heterocycles. The molecule has 0 N–H and O–H groups in total. The molecule has 0 spiro atoms. The third-order valence-corrected chi connectivity index (χ3v) is 2.41. The minimum atomic E-state index is -0.320. The van der Waals surface area contributed by atoms with E-state index in [0.29, 0.717) is 5.76 Å². The Hall–Kier alpha value is -1.77. The van der Waals surface area contributed by atoms with Crippen molar-refractivity contribution in [2.75, 3.05) is 0 Å². The molecule has 1 atom stereocenters. The number of rotatable bonds is 3. The zero-order valence-electron chi connectivity index (χ0n) is 8.26. The van der Waals surface area contributed by atoms with E-state index < -0.39 is 0 Å². The number of allylic oxidation sites excluding steroid dienone is 4. The third-order valence-electron chi connectivity index (χ3n) is 2.41. The quantitative estimate of drug-likeness (QED) is 0.662. The maximum absolute atomic E-state index is 11.0. The first-order chi connectivity index (χ1) is 7.42. The van der Waals surface area contributed by atoms with Crippen LogP contribution in [0, 0.1) is 5.92 Å². The first kappa shape index (κ1) is 9.77. The summed E-state index contributed by atoms with van der Waals surface area (Å²) in [5, 5.41) is 0. The van der Waals surface area contributed by atoms with Gasteiger partial charge in [0.1, 0.15) is 25.1 Å². The molecular formula is C12H12O3. The summed E-state index contributed by atoms with van der Waals surface area (Å²) in [7, 11) is 0. The summed E-state index contributed by atoms with van der Waals surface area (Å²) in [6.07, 6.45) is 13.1. The van der Waals surface area contributed by atoms with Gasteiger partial charge < -0.3 is 14.3 Å². The summed E-state index contributed by atoms with van der Waals surface area (Å²) < 4.78 is 10.2. The molecule has 1 aliphatic carbocycles. The number of aldehydes is 1. The van der Waals surface area contributed by atoms with Crippen LogP contribution in [0.25, 0.3) is 0 Å². The summed E-state index contributed by atoms with van der Waals surface area (Å²) in [6.45, 7) is 0. The fourth-order valence-corrected chi connectivity index (χ4v) is 1.64. The van der Waals surface area contributed by atoms with Gasteiger partial charge in [0.2, 0.25) is 0 Å². The number of carbonyl (C=O) groups is 1. The van der Waals surface area contributed by atoms with E-state index in [1.807, 2.05) is 12.2 Å². The Balaban J connectivity index is 2.16. The number of hydrogen-bond donors (Lipinski definition) is 0. The molecule has 0 bridgehead atoms. The zero-order valence-corrected chi connectivity index (χ0v) is 8.26. The van der Waals surface area contributed by atoms with E-state index >= 15 is 0 Å². The lowest BCUT2D eigenvalue weighted by Gasteiger charge is -2.19. The summed E-state index contributed by atoms with van der Waals surface area (Å²) in [6, 6.07) is 0. The third kappa shape index (κ3) is 2.18. The molecule has 1 heterocycles. The van der Waals surface area contributed by atoms with Crippen molar-refractivity contribution in [3.8, 4) is 0 Å². The molecule has 0 radical (unpaired) electrons. The standard InChI is InChI=1S/C12H12O3/c13-8-11(10-4-2-1-3-5-10)12-9-14-6-7-15-12/h1-2,4,6-9,11H,3,5H2. The minimum absolute atomic E-state index is 0.320. The van der Waals surface area contributed by atoms with Crippen molar-refractivity contribution in [3.05, 3.63) is 48.3 Å². The van der Waals surface area contributed by atoms with Gasteiger partial charge in [-0.1, -0.05) is 23.8 Å². The second kappa shape index (κ2) is 4.64. The smallest absolute Gasteiger partial charge is 0.152 e. The lowest BCUT2D eigenvalue weighted by atomic mass is 9.92. The van der Waals surface area contributed by atoms with Crippen LogP contribution in [0.4, 0.5) is 0 Å². The highest BCUT2D eigenvalue weighted by Crippen LogP contribution is 2.27. The SMILES string of the molecule is O=CC(C1=CC=CCC1)C1=COC=CO1. The second-order valence-electron chi connectivity index (χ2n) is 3.37.